The molecule has 24 heavy (non-hydrogen) atoms. The van der Waals surface area contributed by atoms with Gasteiger partial charge in [-0.05, 0) is 29.8 Å². The van der Waals surface area contributed by atoms with E-state index in [9.17, 15) is 4.79 Å². The van der Waals surface area contributed by atoms with Crippen LogP contribution in [0.4, 0.5) is 5.82 Å². The van der Waals surface area contributed by atoms with Crippen molar-refractivity contribution in [1.29, 1.82) is 5.26 Å². The topological polar surface area (TPSA) is 83.6 Å². The van der Waals surface area contributed by atoms with E-state index in [0.717, 1.165) is 16.9 Å². The van der Waals surface area contributed by atoms with Crippen LogP contribution in [-0.2, 0) is 4.79 Å². The van der Waals surface area contributed by atoms with Gasteiger partial charge in [-0.2, -0.15) is 5.26 Å². The number of hydrogen-bond acceptors (Lipinski definition) is 4. The molecule has 3 heterocycles. The fourth-order valence-corrected chi connectivity index (χ4v) is 2.96. The first-order valence-corrected chi connectivity index (χ1v) is 7.54. The molecule has 1 N–H and O–H groups in total. The molecule has 0 aliphatic carbocycles. The van der Waals surface area contributed by atoms with Gasteiger partial charge in [0.05, 0.1) is 29.2 Å². The Morgan fingerprint density at radius 2 is 2.08 bits per heavy atom. The second-order valence-electron chi connectivity index (χ2n) is 5.60. The third-order valence-corrected chi connectivity index (χ3v) is 4.14. The van der Waals surface area contributed by atoms with Gasteiger partial charge in [-0.15, -0.1) is 0 Å². The number of carbonyl (C=O) groups excluding carboxylic acids is 1. The number of aromatic nitrogens is 3. The molecule has 0 fully saturated rings. The Labute approximate surface area is 138 Å². The van der Waals surface area contributed by atoms with Crippen LogP contribution >= 0.6 is 0 Å². The minimum absolute atomic E-state index is 0.0532. The second kappa shape index (κ2) is 5.63. The van der Waals surface area contributed by atoms with Crippen LogP contribution in [-0.4, -0.2) is 20.4 Å². The van der Waals surface area contributed by atoms with Gasteiger partial charge in [0.25, 0.3) is 0 Å². The van der Waals surface area contributed by atoms with Crippen LogP contribution < -0.4 is 5.32 Å². The number of imidazole rings is 1. The molecule has 6 nitrogen and oxygen atoms in total. The molecule has 4 rings (SSSR count). The van der Waals surface area contributed by atoms with Crippen LogP contribution in [0.2, 0.25) is 0 Å². The maximum atomic E-state index is 12.2. The number of benzene rings is 1. The Kier molecular flexibility index (Phi) is 3.32. The van der Waals surface area contributed by atoms with Crippen LogP contribution in [0.3, 0.4) is 0 Å². The fourth-order valence-electron chi connectivity index (χ4n) is 2.96. The smallest absolute Gasteiger partial charge is 0.226 e. The van der Waals surface area contributed by atoms with E-state index in [1.807, 2.05) is 28.8 Å². The summed E-state index contributed by atoms with van der Waals surface area (Å²) in [7, 11) is 0. The number of pyridine rings is 1. The molecule has 1 aliphatic heterocycles. The molecular weight excluding hydrogens is 302 g/mol. The van der Waals surface area contributed by atoms with Crippen LogP contribution in [0, 0.1) is 11.3 Å². The zero-order valence-corrected chi connectivity index (χ0v) is 12.7. The molecule has 1 unspecified atom stereocenters. The van der Waals surface area contributed by atoms with Gasteiger partial charge < -0.3 is 5.32 Å². The summed E-state index contributed by atoms with van der Waals surface area (Å²) in [5.74, 6) is 0.496. The lowest BCUT2D eigenvalue weighted by Gasteiger charge is -2.23. The van der Waals surface area contributed by atoms with Gasteiger partial charge in [-0.3, -0.25) is 14.3 Å². The van der Waals surface area contributed by atoms with Crippen molar-refractivity contribution in [2.75, 3.05) is 5.32 Å². The summed E-state index contributed by atoms with van der Waals surface area (Å²) in [6, 6.07) is 13.1. The van der Waals surface area contributed by atoms with Crippen molar-refractivity contribution in [3.05, 3.63) is 71.9 Å². The molecule has 116 valence electrons. The van der Waals surface area contributed by atoms with E-state index in [-0.39, 0.29) is 11.8 Å². The Morgan fingerprint density at radius 1 is 1.25 bits per heavy atom. The third kappa shape index (κ3) is 2.32. The number of amides is 1. The predicted molar refractivity (Wildman–Crippen MR) is 87.6 cm³/mol. The molecule has 3 aromatic rings. The number of hydrogen-bond donors (Lipinski definition) is 1. The summed E-state index contributed by atoms with van der Waals surface area (Å²) in [4.78, 5) is 20.8. The molecule has 2 aromatic heterocycles. The molecule has 0 radical (unpaired) electrons. The van der Waals surface area contributed by atoms with E-state index < -0.39 is 0 Å². The first-order chi connectivity index (χ1) is 11.8. The number of rotatable bonds is 2. The maximum Gasteiger partial charge on any atom is 0.226 e. The van der Waals surface area contributed by atoms with Crippen molar-refractivity contribution in [2.24, 2.45) is 0 Å². The van der Waals surface area contributed by atoms with Crippen LogP contribution in [0.1, 0.15) is 29.2 Å². The molecule has 0 saturated heterocycles. The van der Waals surface area contributed by atoms with Crippen molar-refractivity contribution in [3.8, 4) is 11.8 Å². The highest BCUT2D eigenvalue weighted by Crippen LogP contribution is 2.37. The number of nitrogens with one attached hydrogen (secondary N) is 1. The lowest BCUT2D eigenvalue weighted by atomic mass is 9.89. The molecule has 0 bridgehead atoms. The summed E-state index contributed by atoms with van der Waals surface area (Å²) < 4.78 is 1.83. The first-order valence-electron chi connectivity index (χ1n) is 7.54. The number of nitriles is 1. The summed E-state index contributed by atoms with van der Waals surface area (Å²) in [5.41, 5.74) is 3.23. The van der Waals surface area contributed by atoms with Gasteiger partial charge in [-0.25, -0.2) is 4.98 Å². The molecule has 0 saturated carbocycles. The van der Waals surface area contributed by atoms with E-state index in [1.165, 1.54) is 0 Å². The highest BCUT2D eigenvalue weighted by atomic mass is 16.1. The zero-order valence-electron chi connectivity index (χ0n) is 12.7. The van der Waals surface area contributed by atoms with Crippen molar-refractivity contribution in [1.82, 2.24) is 14.5 Å². The largest absolute Gasteiger partial charge is 0.310 e. The van der Waals surface area contributed by atoms with Crippen molar-refractivity contribution in [2.45, 2.75) is 12.3 Å². The molecule has 6 heteroatoms. The first kappa shape index (κ1) is 14.2. The monoisotopic (exact) mass is 315 g/mol. The number of anilines is 1. The summed E-state index contributed by atoms with van der Waals surface area (Å²) >= 11 is 0. The normalized spacial score (nSPS) is 16.1. The van der Waals surface area contributed by atoms with E-state index in [0.29, 0.717) is 17.8 Å². The predicted octanol–water partition coefficient (Wildman–Crippen LogP) is 2.61. The van der Waals surface area contributed by atoms with Gasteiger partial charge in [0.15, 0.2) is 0 Å². The van der Waals surface area contributed by atoms with Crippen LogP contribution in [0.15, 0.2) is 55.1 Å². The van der Waals surface area contributed by atoms with E-state index in [2.05, 4.69) is 21.4 Å². The second-order valence-corrected chi connectivity index (χ2v) is 5.60. The van der Waals surface area contributed by atoms with E-state index in [4.69, 9.17) is 5.26 Å². The SMILES string of the molecule is N#Cc1ccc(C2CC(=O)Nc3c2ncn3-c2cccnc2)cc1. The average molecular weight is 315 g/mol. The van der Waals surface area contributed by atoms with Gasteiger partial charge in [0.2, 0.25) is 5.91 Å². The van der Waals surface area contributed by atoms with Gasteiger partial charge >= 0.3 is 0 Å². The standard InChI is InChI=1S/C18H13N5O/c19-9-12-3-5-13(6-4-12)15-8-16(24)22-18-17(15)21-11-23(18)14-2-1-7-20-10-14/h1-7,10-11,15H,8H2,(H,22,24). The minimum Gasteiger partial charge on any atom is -0.310 e. The quantitative estimate of drug-likeness (QED) is 0.788. The summed E-state index contributed by atoms with van der Waals surface area (Å²) in [5, 5.41) is 11.8. The number of carbonyl (C=O) groups is 1. The van der Waals surface area contributed by atoms with Crippen LogP contribution in [0.5, 0.6) is 0 Å². The van der Waals surface area contributed by atoms with Crippen molar-refractivity contribution in [3.63, 3.8) is 0 Å². The average Bonchev–Trinajstić information content (AvgIpc) is 3.05. The zero-order chi connectivity index (χ0) is 16.5. The highest BCUT2D eigenvalue weighted by molar-refractivity contribution is 5.94. The Balaban J connectivity index is 1.79. The molecular formula is C18H13N5O. The van der Waals surface area contributed by atoms with Crippen LogP contribution in [0.25, 0.3) is 5.69 Å². The molecule has 1 aromatic carbocycles. The maximum absolute atomic E-state index is 12.2. The lowest BCUT2D eigenvalue weighted by molar-refractivity contribution is -0.116. The van der Waals surface area contributed by atoms with Crippen molar-refractivity contribution < 1.29 is 4.79 Å². The third-order valence-electron chi connectivity index (χ3n) is 4.14. The Hall–Kier alpha value is -3.46. The molecule has 1 amide bonds. The minimum atomic E-state index is -0.126. The lowest BCUT2D eigenvalue weighted by Crippen LogP contribution is -2.24. The molecule has 1 atom stereocenters. The van der Waals surface area contributed by atoms with Crippen molar-refractivity contribution >= 4 is 11.7 Å². The molecule has 0 spiro atoms. The fraction of sp³-hybridized carbons (Fsp3) is 0.111. The Morgan fingerprint density at radius 3 is 2.79 bits per heavy atom. The number of nitrogens with zero attached hydrogens (tertiary/aromatic N) is 4. The van der Waals surface area contributed by atoms with E-state index >= 15 is 0 Å². The summed E-state index contributed by atoms with van der Waals surface area (Å²) in [6.45, 7) is 0. The highest BCUT2D eigenvalue weighted by Gasteiger charge is 2.30. The van der Waals surface area contributed by atoms with Gasteiger partial charge in [0, 0.05) is 18.5 Å². The summed E-state index contributed by atoms with van der Waals surface area (Å²) in [6.07, 6.45) is 5.46. The van der Waals surface area contributed by atoms with Gasteiger partial charge in [0.1, 0.15) is 12.1 Å². The van der Waals surface area contributed by atoms with E-state index in [1.54, 1.807) is 30.9 Å². The van der Waals surface area contributed by atoms with Gasteiger partial charge in [-0.1, -0.05) is 12.1 Å². The molecule has 1 aliphatic rings. The Bertz CT molecular complexity index is 938. The number of fused-ring (bicyclic) bond motifs is 1.